The topological polar surface area (TPSA) is 72.2 Å². The van der Waals surface area contributed by atoms with Gasteiger partial charge in [-0.05, 0) is 36.8 Å². The van der Waals surface area contributed by atoms with Gasteiger partial charge in [-0.2, -0.15) is 9.61 Å². The maximum Gasteiger partial charge on any atom is 0.251 e. The Morgan fingerprint density at radius 3 is 2.59 bits per heavy atom. The number of fused-ring (bicyclic) bond motifs is 1. The van der Waals surface area contributed by atoms with Gasteiger partial charge in [-0.3, -0.25) is 4.79 Å². The Kier molecular flexibility index (Phi) is 5.86. The minimum atomic E-state index is -0.0918. The summed E-state index contributed by atoms with van der Waals surface area (Å²) in [5, 5.41) is 16.9. The zero-order valence-corrected chi connectivity index (χ0v) is 16.9. The fourth-order valence-electron chi connectivity index (χ4n) is 2.88. The molecule has 0 bridgehead atoms. The largest absolute Gasteiger partial charge is 0.352 e. The molecule has 0 saturated heterocycles. The molecule has 0 radical (unpaired) electrons. The molecule has 0 aliphatic rings. The fraction of sp³-hybridized carbons (Fsp3) is 0.182. The fourth-order valence-corrected chi connectivity index (χ4v) is 3.69. The first-order valence-corrected chi connectivity index (χ1v) is 10.4. The van der Waals surface area contributed by atoms with Crippen molar-refractivity contribution in [1.82, 2.24) is 25.1 Å². The number of aryl methyl sites for hydroxylation is 1. The number of amides is 1. The highest BCUT2D eigenvalue weighted by Gasteiger charge is 2.10. The second kappa shape index (κ2) is 8.87. The first-order valence-electron chi connectivity index (χ1n) is 9.42. The van der Waals surface area contributed by atoms with Crippen LogP contribution in [-0.2, 0) is 12.2 Å². The highest BCUT2D eigenvalue weighted by molar-refractivity contribution is 7.98. The van der Waals surface area contributed by atoms with Crippen molar-refractivity contribution in [3.63, 3.8) is 0 Å². The number of carbonyl (C=O) groups excluding carboxylic acids is 1. The molecule has 7 heteroatoms. The molecule has 29 heavy (non-hydrogen) atoms. The van der Waals surface area contributed by atoms with Gasteiger partial charge in [0.2, 0.25) is 0 Å². The number of benzene rings is 2. The van der Waals surface area contributed by atoms with Crippen LogP contribution >= 0.6 is 11.8 Å². The molecule has 4 aromatic rings. The molecule has 146 valence electrons. The summed E-state index contributed by atoms with van der Waals surface area (Å²) in [5.41, 5.74) is 3.74. The minimum Gasteiger partial charge on any atom is -0.352 e. The molecule has 0 spiro atoms. The quantitative estimate of drug-likeness (QED) is 0.477. The van der Waals surface area contributed by atoms with Gasteiger partial charge in [0.05, 0.1) is 0 Å². The molecular formula is C22H21N5OS. The number of hydrogen-bond acceptors (Lipinski definition) is 5. The molecule has 0 aliphatic heterocycles. The number of hydrogen-bond donors (Lipinski definition) is 1. The molecule has 0 aliphatic carbocycles. The monoisotopic (exact) mass is 403 g/mol. The lowest BCUT2D eigenvalue weighted by Gasteiger charge is -2.06. The van der Waals surface area contributed by atoms with Crippen LogP contribution in [0.3, 0.4) is 0 Å². The van der Waals surface area contributed by atoms with Gasteiger partial charge in [-0.15, -0.1) is 10.2 Å². The SMILES string of the molecule is Cc1ccc(C(=O)NCCc2nnc3ccc(SCc4ccccc4)nn23)cc1. The third-order valence-corrected chi connectivity index (χ3v) is 5.47. The summed E-state index contributed by atoms with van der Waals surface area (Å²) in [5.74, 6) is 1.49. The number of nitrogens with one attached hydrogen (secondary N) is 1. The van der Waals surface area contributed by atoms with E-state index in [0.717, 1.165) is 22.2 Å². The normalized spacial score (nSPS) is 10.9. The van der Waals surface area contributed by atoms with Gasteiger partial charge in [-0.25, -0.2) is 0 Å². The molecule has 2 aromatic heterocycles. The van der Waals surface area contributed by atoms with E-state index in [4.69, 9.17) is 0 Å². The van der Waals surface area contributed by atoms with Crippen molar-refractivity contribution in [1.29, 1.82) is 0 Å². The van der Waals surface area contributed by atoms with E-state index in [1.165, 1.54) is 5.56 Å². The lowest BCUT2D eigenvalue weighted by atomic mass is 10.1. The van der Waals surface area contributed by atoms with Crippen molar-refractivity contribution >= 4 is 23.3 Å². The van der Waals surface area contributed by atoms with E-state index in [9.17, 15) is 4.79 Å². The van der Waals surface area contributed by atoms with Gasteiger partial charge in [0.25, 0.3) is 5.91 Å². The molecule has 0 saturated carbocycles. The van der Waals surface area contributed by atoms with Crippen molar-refractivity contribution in [3.05, 3.63) is 89.2 Å². The number of rotatable bonds is 7. The lowest BCUT2D eigenvalue weighted by molar-refractivity contribution is 0.0954. The Morgan fingerprint density at radius 2 is 1.79 bits per heavy atom. The van der Waals surface area contributed by atoms with Crippen LogP contribution in [0.2, 0.25) is 0 Å². The Bertz CT molecular complexity index is 1110. The summed E-state index contributed by atoms with van der Waals surface area (Å²) < 4.78 is 1.76. The molecule has 0 unspecified atom stereocenters. The van der Waals surface area contributed by atoms with Gasteiger partial charge in [-0.1, -0.05) is 59.8 Å². The molecule has 0 atom stereocenters. The Balaban J connectivity index is 1.38. The van der Waals surface area contributed by atoms with Crippen LogP contribution in [0.4, 0.5) is 0 Å². The number of carbonyl (C=O) groups is 1. The number of nitrogens with zero attached hydrogens (tertiary/aromatic N) is 4. The molecule has 1 amide bonds. The second-order valence-electron chi connectivity index (χ2n) is 6.70. The van der Waals surface area contributed by atoms with Gasteiger partial charge in [0.1, 0.15) is 5.03 Å². The zero-order valence-electron chi connectivity index (χ0n) is 16.1. The van der Waals surface area contributed by atoms with Crippen LogP contribution in [0, 0.1) is 6.92 Å². The van der Waals surface area contributed by atoms with E-state index in [1.54, 1.807) is 16.3 Å². The first-order chi connectivity index (χ1) is 14.2. The molecule has 2 heterocycles. The van der Waals surface area contributed by atoms with Crippen molar-refractivity contribution in [3.8, 4) is 0 Å². The van der Waals surface area contributed by atoms with E-state index in [0.29, 0.717) is 24.2 Å². The van der Waals surface area contributed by atoms with Gasteiger partial charge >= 0.3 is 0 Å². The first kappa shape index (κ1) is 19.1. The summed E-state index contributed by atoms with van der Waals surface area (Å²) >= 11 is 1.67. The van der Waals surface area contributed by atoms with E-state index < -0.39 is 0 Å². The van der Waals surface area contributed by atoms with E-state index in [-0.39, 0.29) is 5.91 Å². The van der Waals surface area contributed by atoms with Crippen molar-refractivity contribution in [2.45, 2.75) is 24.1 Å². The Labute approximate surface area is 173 Å². The summed E-state index contributed by atoms with van der Waals surface area (Å²) in [7, 11) is 0. The lowest BCUT2D eigenvalue weighted by Crippen LogP contribution is -2.26. The smallest absolute Gasteiger partial charge is 0.251 e. The predicted octanol–water partition coefficient (Wildman–Crippen LogP) is 3.70. The third kappa shape index (κ3) is 4.81. The number of thioether (sulfide) groups is 1. The Hall–Kier alpha value is -3.19. The molecule has 2 aromatic carbocycles. The van der Waals surface area contributed by atoms with E-state index >= 15 is 0 Å². The minimum absolute atomic E-state index is 0.0918. The van der Waals surface area contributed by atoms with Crippen molar-refractivity contribution < 1.29 is 4.79 Å². The molecule has 4 rings (SSSR count). The van der Waals surface area contributed by atoms with E-state index in [2.05, 4.69) is 32.7 Å². The summed E-state index contributed by atoms with van der Waals surface area (Å²) in [4.78, 5) is 12.2. The van der Waals surface area contributed by atoms with Crippen LogP contribution < -0.4 is 5.32 Å². The van der Waals surface area contributed by atoms with Gasteiger partial charge < -0.3 is 5.32 Å². The van der Waals surface area contributed by atoms with Crippen LogP contribution in [0.15, 0.2) is 71.8 Å². The van der Waals surface area contributed by atoms with Crippen molar-refractivity contribution in [2.75, 3.05) is 6.54 Å². The van der Waals surface area contributed by atoms with Gasteiger partial charge in [0, 0.05) is 24.3 Å². The van der Waals surface area contributed by atoms with Gasteiger partial charge in [0.15, 0.2) is 11.5 Å². The highest BCUT2D eigenvalue weighted by atomic mass is 32.2. The zero-order chi connectivity index (χ0) is 20.1. The highest BCUT2D eigenvalue weighted by Crippen LogP contribution is 2.21. The maximum atomic E-state index is 12.2. The average Bonchev–Trinajstić information content (AvgIpc) is 3.16. The standard InChI is InChI=1S/C22H21N5OS/c1-16-7-9-18(10-8-16)22(28)23-14-13-20-25-24-19-11-12-21(26-27(19)20)29-15-17-5-3-2-4-6-17/h2-12H,13-15H2,1H3,(H,23,28). The van der Waals surface area contributed by atoms with Crippen LogP contribution in [0.5, 0.6) is 0 Å². The maximum absolute atomic E-state index is 12.2. The Morgan fingerprint density at radius 1 is 1.00 bits per heavy atom. The van der Waals surface area contributed by atoms with Crippen LogP contribution in [-0.4, -0.2) is 32.3 Å². The molecule has 1 N–H and O–H groups in total. The third-order valence-electron chi connectivity index (χ3n) is 4.48. The summed E-state index contributed by atoms with van der Waals surface area (Å²) in [6, 6.07) is 21.7. The van der Waals surface area contributed by atoms with Crippen LogP contribution in [0.1, 0.15) is 27.3 Å². The summed E-state index contributed by atoms with van der Waals surface area (Å²) in [6.07, 6.45) is 0.554. The second-order valence-corrected chi connectivity index (χ2v) is 7.70. The van der Waals surface area contributed by atoms with Crippen LogP contribution in [0.25, 0.3) is 5.65 Å². The molecule has 6 nitrogen and oxygen atoms in total. The van der Waals surface area contributed by atoms with E-state index in [1.807, 2.05) is 61.5 Å². The molecule has 0 fully saturated rings. The van der Waals surface area contributed by atoms with Crippen molar-refractivity contribution in [2.24, 2.45) is 0 Å². The molecular weight excluding hydrogens is 382 g/mol. The summed E-state index contributed by atoms with van der Waals surface area (Å²) in [6.45, 7) is 2.47. The number of aromatic nitrogens is 4. The average molecular weight is 404 g/mol. The predicted molar refractivity (Wildman–Crippen MR) is 114 cm³/mol.